The molecule has 0 amide bonds. The number of nitrogens with zero attached hydrogens (tertiary/aromatic N) is 4. The van der Waals surface area contributed by atoms with Crippen LogP contribution in [0.2, 0.25) is 0 Å². The Morgan fingerprint density at radius 3 is 2.83 bits per heavy atom. The van der Waals surface area contributed by atoms with Crippen molar-refractivity contribution in [1.82, 2.24) is 19.7 Å². The number of aromatic carboxylic acids is 1. The summed E-state index contributed by atoms with van der Waals surface area (Å²) in [6, 6.07) is -0.0495. The van der Waals surface area contributed by atoms with Crippen LogP contribution in [0.5, 0.6) is 6.01 Å². The monoisotopic (exact) mass is 252 g/mol. The molecule has 7 nitrogen and oxygen atoms in total. The van der Waals surface area contributed by atoms with Gasteiger partial charge in [-0.05, 0) is 0 Å². The minimum atomic E-state index is -1.22. The van der Waals surface area contributed by atoms with Crippen LogP contribution in [0.25, 0.3) is 11.3 Å². The number of halogens is 1. The van der Waals surface area contributed by atoms with E-state index in [0.717, 1.165) is 10.9 Å². The number of ether oxygens (including phenoxy) is 1. The maximum Gasteiger partial charge on any atom is 0.354 e. The summed E-state index contributed by atoms with van der Waals surface area (Å²) < 4.78 is 19.5. The summed E-state index contributed by atoms with van der Waals surface area (Å²) in [6.45, 7) is 0. The molecule has 0 fully saturated rings. The minimum absolute atomic E-state index is 0.0495. The van der Waals surface area contributed by atoms with E-state index < -0.39 is 11.8 Å². The molecule has 8 heteroatoms. The zero-order valence-electron chi connectivity index (χ0n) is 9.59. The third kappa shape index (κ3) is 1.88. The van der Waals surface area contributed by atoms with Gasteiger partial charge in [-0.25, -0.2) is 14.2 Å². The molecule has 0 aliphatic rings. The van der Waals surface area contributed by atoms with E-state index in [1.807, 2.05) is 0 Å². The first-order chi connectivity index (χ1) is 8.54. The first-order valence-corrected chi connectivity index (χ1v) is 4.86. The molecule has 0 aromatic carbocycles. The van der Waals surface area contributed by atoms with Gasteiger partial charge in [-0.15, -0.1) is 0 Å². The Hall–Kier alpha value is -2.51. The van der Waals surface area contributed by atoms with Crippen LogP contribution in [0.4, 0.5) is 4.39 Å². The van der Waals surface area contributed by atoms with Crippen LogP contribution in [0.15, 0.2) is 12.4 Å². The highest BCUT2D eigenvalue weighted by Crippen LogP contribution is 2.25. The summed E-state index contributed by atoms with van der Waals surface area (Å²) in [5.74, 6) is -1.96. The van der Waals surface area contributed by atoms with Crippen LogP contribution in [-0.2, 0) is 7.05 Å². The van der Waals surface area contributed by atoms with Crippen molar-refractivity contribution in [3.63, 3.8) is 0 Å². The lowest BCUT2D eigenvalue weighted by molar-refractivity contribution is 0.0686. The van der Waals surface area contributed by atoms with E-state index in [-0.39, 0.29) is 23.0 Å². The molecule has 0 atom stereocenters. The van der Waals surface area contributed by atoms with Crippen LogP contribution < -0.4 is 4.74 Å². The largest absolute Gasteiger partial charge is 0.477 e. The van der Waals surface area contributed by atoms with Gasteiger partial charge in [-0.2, -0.15) is 10.1 Å². The molecule has 0 unspecified atom stereocenters. The number of rotatable bonds is 3. The summed E-state index contributed by atoms with van der Waals surface area (Å²) in [7, 11) is 2.78. The summed E-state index contributed by atoms with van der Waals surface area (Å²) in [4.78, 5) is 18.5. The summed E-state index contributed by atoms with van der Waals surface area (Å²) in [5.41, 5.74) is -0.245. The van der Waals surface area contributed by atoms with Crippen molar-refractivity contribution in [2.24, 2.45) is 7.05 Å². The number of carbonyl (C=O) groups is 1. The van der Waals surface area contributed by atoms with Gasteiger partial charge in [0.2, 0.25) is 0 Å². The first-order valence-electron chi connectivity index (χ1n) is 4.86. The Morgan fingerprint density at radius 2 is 2.22 bits per heavy atom. The van der Waals surface area contributed by atoms with E-state index in [1.54, 1.807) is 0 Å². The molecule has 94 valence electrons. The number of carboxylic acid groups (broad SMARTS) is 1. The second-order valence-electron chi connectivity index (χ2n) is 3.39. The quantitative estimate of drug-likeness (QED) is 0.865. The molecule has 0 saturated carbocycles. The normalized spacial score (nSPS) is 10.4. The van der Waals surface area contributed by atoms with Gasteiger partial charge < -0.3 is 9.84 Å². The Labute approximate surface area is 101 Å². The predicted molar refractivity (Wildman–Crippen MR) is 57.7 cm³/mol. The number of hydrogen-bond donors (Lipinski definition) is 1. The molecule has 0 radical (unpaired) electrons. The number of aryl methyl sites for hydroxylation is 1. The zero-order chi connectivity index (χ0) is 13.3. The van der Waals surface area contributed by atoms with E-state index in [2.05, 4.69) is 15.1 Å². The van der Waals surface area contributed by atoms with Gasteiger partial charge >= 0.3 is 12.0 Å². The molecule has 1 N–H and O–H groups in total. The molecule has 2 heterocycles. The van der Waals surface area contributed by atoms with Crippen molar-refractivity contribution in [3.05, 3.63) is 23.9 Å². The van der Waals surface area contributed by atoms with Crippen LogP contribution >= 0.6 is 0 Å². The van der Waals surface area contributed by atoms with E-state index in [4.69, 9.17) is 9.84 Å². The second-order valence-corrected chi connectivity index (χ2v) is 3.39. The van der Waals surface area contributed by atoms with Crippen molar-refractivity contribution < 1.29 is 19.0 Å². The lowest BCUT2D eigenvalue weighted by atomic mass is 10.1. The molecule has 0 spiro atoms. The SMILES string of the molecule is COc1ncc(F)c(-c2cnn(C)c2C(=O)O)n1. The van der Waals surface area contributed by atoms with Crippen molar-refractivity contribution in [2.75, 3.05) is 7.11 Å². The fraction of sp³-hybridized carbons (Fsp3) is 0.200. The van der Waals surface area contributed by atoms with Gasteiger partial charge in [-0.1, -0.05) is 0 Å². The molecule has 0 aliphatic heterocycles. The smallest absolute Gasteiger partial charge is 0.354 e. The molecule has 2 aromatic rings. The molecule has 2 rings (SSSR count). The van der Waals surface area contributed by atoms with Gasteiger partial charge in [0.15, 0.2) is 11.5 Å². The van der Waals surface area contributed by atoms with Crippen LogP contribution in [0, 0.1) is 5.82 Å². The van der Waals surface area contributed by atoms with Crippen molar-refractivity contribution in [1.29, 1.82) is 0 Å². The highest BCUT2D eigenvalue weighted by atomic mass is 19.1. The Balaban J connectivity index is 2.65. The molecule has 0 bridgehead atoms. The Kier molecular flexibility index (Phi) is 2.92. The topological polar surface area (TPSA) is 90.1 Å². The van der Waals surface area contributed by atoms with E-state index in [9.17, 15) is 9.18 Å². The minimum Gasteiger partial charge on any atom is -0.477 e. The fourth-order valence-corrected chi connectivity index (χ4v) is 1.50. The van der Waals surface area contributed by atoms with Crippen molar-refractivity contribution in [3.8, 4) is 17.3 Å². The summed E-state index contributed by atoms with van der Waals surface area (Å²) in [6.07, 6.45) is 2.15. The lowest BCUT2D eigenvalue weighted by Crippen LogP contribution is -2.08. The second kappa shape index (κ2) is 4.40. The highest BCUT2D eigenvalue weighted by molar-refractivity contribution is 5.93. The Morgan fingerprint density at radius 1 is 1.50 bits per heavy atom. The third-order valence-corrected chi connectivity index (χ3v) is 2.30. The summed E-state index contributed by atoms with van der Waals surface area (Å²) in [5, 5.41) is 12.8. The Bertz CT molecular complexity index is 611. The maximum atomic E-state index is 13.6. The van der Waals surface area contributed by atoms with Crippen molar-refractivity contribution in [2.45, 2.75) is 0 Å². The molecular weight excluding hydrogens is 243 g/mol. The zero-order valence-corrected chi connectivity index (χ0v) is 9.59. The molecule has 18 heavy (non-hydrogen) atoms. The molecule has 0 saturated heterocycles. The van der Waals surface area contributed by atoms with Crippen LogP contribution in [0.1, 0.15) is 10.5 Å². The van der Waals surface area contributed by atoms with Gasteiger partial charge in [0, 0.05) is 7.05 Å². The first kappa shape index (κ1) is 12.0. The molecule has 0 aliphatic carbocycles. The molecular formula is C10H9FN4O3. The van der Waals surface area contributed by atoms with E-state index in [1.165, 1.54) is 20.4 Å². The summed E-state index contributed by atoms with van der Waals surface area (Å²) >= 11 is 0. The highest BCUT2D eigenvalue weighted by Gasteiger charge is 2.21. The third-order valence-electron chi connectivity index (χ3n) is 2.30. The maximum absolute atomic E-state index is 13.6. The van der Waals surface area contributed by atoms with Gasteiger partial charge in [0.25, 0.3) is 0 Å². The number of carboxylic acids is 1. The lowest BCUT2D eigenvalue weighted by Gasteiger charge is -2.04. The van der Waals surface area contributed by atoms with E-state index >= 15 is 0 Å². The van der Waals surface area contributed by atoms with Crippen LogP contribution in [-0.4, -0.2) is 37.9 Å². The number of methoxy groups -OCH3 is 1. The van der Waals surface area contributed by atoms with Gasteiger partial charge in [0.05, 0.1) is 25.1 Å². The standard InChI is InChI=1S/C10H9FN4O3/c1-15-8(9(16)17)5(3-13-15)7-6(11)4-12-10(14-7)18-2/h3-4H,1-2H3,(H,16,17). The van der Waals surface area contributed by atoms with Gasteiger partial charge in [0.1, 0.15) is 5.69 Å². The fourth-order valence-electron chi connectivity index (χ4n) is 1.50. The van der Waals surface area contributed by atoms with Crippen molar-refractivity contribution >= 4 is 5.97 Å². The molecule has 2 aromatic heterocycles. The number of hydrogen-bond acceptors (Lipinski definition) is 5. The average Bonchev–Trinajstić information content (AvgIpc) is 2.72. The van der Waals surface area contributed by atoms with E-state index in [0.29, 0.717) is 0 Å². The number of aromatic nitrogens is 4. The average molecular weight is 252 g/mol. The van der Waals surface area contributed by atoms with Gasteiger partial charge in [-0.3, -0.25) is 4.68 Å². The predicted octanol–water partition coefficient (Wildman–Crippen LogP) is 0.723. The van der Waals surface area contributed by atoms with Crippen LogP contribution in [0.3, 0.4) is 0 Å².